The van der Waals surface area contributed by atoms with E-state index in [2.05, 4.69) is 19.2 Å². The summed E-state index contributed by atoms with van der Waals surface area (Å²) in [5.74, 6) is 1.93. The highest BCUT2D eigenvalue weighted by atomic mass is 16.1. The van der Waals surface area contributed by atoms with Gasteiger partial charge < -0.3 is 5.32 Å². The van der Waals surface area contributed by atoms with Crippen molar-refractivity contribution >= 4 is 5.91 Å². The van der Waals surface area contributed by atoms with Crippen molar-refractivity contribution in [2.24, 2.45) is 17.3 Å². The first-order valence-electron chi connectivity index (χ1n) is 6.86. The molecule has 0 saturated heterocycles. The molecule has 1 amide bonds. The first-order valence-corrected chi connectivity index (χ1v) is 6.86. The van der Waals surface area contributed by atoms with E-state index in [-0.39, 0.29) is 0 Å². The quantitative estimate of drug-likeness (QED) is 0.762. The van der Waals surface area contributed by atoms with Crippen LogP contribution < -0.4 is 5.32 Å². The van der Waals surface area contributed by atoms with Gasteiger partial charge in [0.05, 0.1) is 0 Å². The van der Waals surface area contributed by atoms with Crippen molar-refractivity contribution in [3.05, 3.63) is 0 Å². The van der Waals surface area contributed by atoms with Crippen molar-refractivity contribution in [1.82, 2.24) is 5.32 Å². The summed E-state index contributed by atoms with van der Waals surface area (Å²) in [6.07, 6.45) is 8.60. The normalized spacial score (nSPS) is 32.3. The molecule has 3 saturated carbocycles. The van der Waals surface area contributed by atoms with Gasteiger partial charge >= 0.3 is 0 Å². The lowest BCUT2D eigenvalue weighted by molar-refractivity contribution is -0.128. The molecule has 0 atom stereocenters. The minimum Gasteiger partial charge on any atom is -0.356 e. The molecule has 0 heterocycles. The number of fused-ring (bicyclic) bond motifs is 2. The van der Waals surface area contributed by atoms with Gasteiger partial charge in [-0.2, -0.15) is 0 Å². The van der Waals surface area contributed by atoms with Gasteiger partial charge in [-0.1, -0.05) is 26.7 Å². The molecular formula is C14H25NO. The molecular weight excluding hydrogens is 198 g/mol. The van der Waals surface area contributed by atoms with Crippen LogP contribution in [0.5, 0.6) is 0 Å². The summed E-state index contributed by atoms with van der Waals surface area (Å²) in [4.78, 5) is 11.8. The first-order chi connectivity index (χ1) is 7.60. The van der Waals surface area contributed by atoms with Gasteiger partial charge in [0.1, 0.15) is 0 Å². The maximum Gasteiger partial charge on any atom is 0.220 e. The smallest absolute Gasteiger partial charge is 0.220 e. The Labute approximate surface area is 99.2 Å². The molecule has 3 aliphatic carbocycles. The number of amides is 1. The number of carbonyl (C=O) groups excluding carboxylic acids is 1. The van der Waals surface area contributed by atoms with Crippen LogP contribution in [0.15, 0.2) is 0 Å². The lowest BCUT2D eigenvalue weighted by Gasteiger charge is -2.52. The molecule has 16 heavy (non-hydrogen) atoms. The zero-order valence-corrected chi connectivity index (χ0v) is 10.7. The van der Waals surface area contributed by atoms with Crippen molar-refractivity contribution in [3.8, 4) is 0 Å². The highest BCUT2D eigenvalue weighted by molar-refractivity contribution is 5.76. The highest BCUT2D eigenvalue weighted by Gasteiger charge is 2.47. The lowest BCUT2D eigenvalue weighted by atomic mass is 9.53. The summed E-state index contributed by atoms with van der Waals surface area (Å²) >= 11 is 0. The van der Waals surface area contributed by atoms with Gasteiger partial charge in [-0.3, -0.25) is 4.79 Å². The summed E-state index contributed by atoms with van der Waals surface area (Å²) in [7, 11) is 0. The van der Waals surface area contributed by atoms with Gasteiger partial charge in [0.2, 0.25) is 5.91 Å². The zero-order valence-electron chi connectivity index (χ0n) is 10.7. The Morgan fingerprint density at radius 1 is 1.44 bits per heavy atom. The Balaban J connectivity index is 1.67. The minimum atomic E-state index is 0.293. The topological polar surface area (TPSA) is 29.1 Å². The molecule has 0 radical (unpaired) electrons. The molecule has 2 nitrogen and oxygen atoms in total. The largest absolute Gasteiger partial charge is 0.356 e. The summed E-state index contributed by atoms with van der Waals surface area (Å²) in [5.41, 5.74) is 0.421. The number of hydrogen-bond acceptors (Lipinski definition) is 1. The zero-order chi connectivity index (χ0) is 11.6. The van der Waals surface area contributed by atoms with Crippen molar-refractivity contribution < 1.29 is 4.79 Å². The predicted molar refractivity (Wildman–Crippen MR) is 66.1 cm³/mol. The summed E-state index contributed by atoms with van der Waals surface area (Å²) in [5, 5.41) is 3.07. The van der Waals surface area contributed by atoms with E-state index in [9.17, 15) is 4.79 Å². The number of nitrogens with one attached hydrogen (secondary N) is 1. The molecule has 0 spiro atoms. The van der Waals surface area contributed by atoms with Crippen molar-refractivity contribution in [3.63, 3.8) is 0 Å². The Kier molecular flexibility index (Phi) is 3.56. The number of hydrogen-bond donors (Lipinski definition) is 1. The third-order valence-electron chi connectivity index (χ3n) is 4.34. The molecule has 0 aromatic carbocycles. The number of rotatable bonds is 5. The third kappa shape index (κ3) is 2.78. The van der Waals surface area contributed by atoms with Crippen molar-refractivity contribution in [2.75, 3.05) is 6.54 Å². The van der Waals surface area contributed by atoms with E-state index in [0.29, 0.717) is 17.2 Å². The van der Waals surface area contributed by atoms with Crippen LogP contribution in [0.2, 0.25) is 0 Å². The van der Waals surface area contributed by atoms with Crippen LogP contribution in [0.25, 0.3) is 0 Å². The molecule has 0 aliphatic heterocycles. The van der Waals surface area contributed by atoms with E-state index in [0.717, 1.165) is 25.3 Å². The minimum absolute atomic E-state index is 0.293. The molecule has 2 bridgehead atoms. The van der Waals surface area contributed by atoms with E-state index >= 15 is 0 Å². The third-order valence-corrected chi connectivity index (χ3v) is 4.34. The number of carbonyl (C=O) groups is 1. The average Bonchev–Trinajstić information content (AvgIpc) is 2.16. The van der Waals surface area contributed by atoms with Crippen LogP contribution in [0.1, 0.15) is 58.8 Å². The fourth-order valence-electron chi connectivity index (χ4n) is 3.48. The molecule has 0 aromatic rings. The predicted octanol–water partition coefficient (Wildman–Crippen LogP) is 3.12. The van der Waals surface area contributed by atoms with Crippen LogP contribution >= 0.6 is 0 Å². The Bertz CT molecular complexity index is 248. The second-order valence-electron chi connectivity index (χ2n) is 6.38. The Hall–Kier alpha value is -0.530. The van der Waals surface area contributed by atoms with E-state index in [1.807, 2.05) is 0 Å². The van der Waals surface area contributed by atoms with E-state index in [4.69, 9.17) is 0 Å². The second kappa shape index (κ2) is 4.77. The maximum absolute atomic E-state index is 11.8. The Morgan fingerprint density at radius 3 is 2.75 bits per heavy atom. The van der Waals surface area contributed by atoms with Crippen LogP contribution in [0.4, 0.5) is 0 Å². The first kappa shape index (κ1) is 11.9. The van der Waals surface area contributed by atoms with Crippen LogP contribution in [0.3, 0.4) is 0 Å². The standard InChI is InChI=1S/C14H25NO/c1-11(2)5-7-15-13(16)10-14-6-3-4-12(8-14)9-14/h11-12H,3-10H2,1-2H3,(H,15,16). The van der Waals surface area contributed by atoms with Crippen molar-refractivity contribution in [1.29, 1.82) is 0 Å². The van der Waals surface area contributed by atoms with Gasteiger partial charge in [0.25, 0.3) is 0 Å². The molecule has 92 valence electrons. The monoisotopic (exact) mass is 223 g/mol. The van der Waals surface area contributed by atoms with Gasteiger partial charge in [-0.15, -0.1) is 0 Å². The van der Waals surface area contributed by atoms with Gasteiger partial charge in [-0.25, -0.2) is 0 Å². The summed E-state index contributed by atoms with van der Waals surface area (Å²) in [6.45, 7) is 5.25. The fraction of sp³-hybridized carbons (Fsp3) is 0.929. The summed E-state index contributed by atoms with van der Waals surface area (Å²) in [6, 6.07) is 0. The van der Waals surface area contributed by atoms with E-state index < -0.39 is 0 Å². The Morgan fingerprint density at radius 2 is 2.19 bits per heavy atom. The molecule has 3 rings (SSSR count). The molecule has 3 fully saturated rings. The molecule has 3 aliphatic rings. The van der Waals surface area contributed by atoms with Gasteiger partial charge in [0, 0.05) is 13.0 Å². The van der Waals surface area contributed by atoms with Gasteiger partial charge in [-0.05, 0) is 42.9 Å². The molecule has 1 N–H and O–H groups in total. The van der Waals surface area contributed by atoms with Gasteiger partial charge in [0.15, 0.2) is 0 Å². The molecule has 2 heteroatoms. The highest BCUT2D eigenvalue weighted by Crippen LogP contribution is 2.57. The van der Waals surface area contributed by atoms with E-state index in [1.54, 1.807) is 0 Å². The van der Waals surface area contributed by atoms with Crippen LogP contribution in [-0.4, -0.2) is 12.5 Å². The lowest BCUT2D eigenvalue weighted by Crippen LogP contribution is -2.44. The fourth-order valence-corrected chi connectivity index (χ4v) is 3.48. The van der Waals surface area contributed by atoms with Crippen LogP contribution in [0, 0.1) is 17.3 Å². The molecule has 0 aromatic heterocycles. The SMILES string of the molecule is CC(C)CCNC(=O)CC12CCCC(C1)C2. The summed E-state index contributed by atoms with van der Waals surface area (Å²) < 4.78 is 0. The average molecular weight is 223 g/mol. The van der Waals surface area contributed by atoms with Crippen LogP contribution in [-0.2, 0) is 4.79 Å². The van der Waals surface area contributed by atoms with E-state index in [1.165, 1.54) is 32.1 Å². The molecule has 0 unspecified atom stereocenters. The second-order valence-corrected chi connectivity index (χ2v) is 6.38. The van der Waals surface area contributed by atoms with Crippen molar-refractivity contribution in [2.45, 2.75) is 58.8 Å². The maximum atomic E-state index is 11.8.